The molecule has 0 fully saturated rings. The second-order valence-corrected chi connectivity index (χ2v) is 8.32. The van der Waals surface area contributed by atoms with Crippen molar-refractivity contribution in [3.63, 3.8) is 0 Å². The molecule has 0 aliphatic carbocycles. The minimum Gasteiger partial charge on any atom is -0.276 e. The monoisotopic (exact) mass is 433 g/mol. The van der Waals surface area contributed by atoms with E-state index in [0.29, 0.717) is 28.6 Å². The molecule has 3 aromatic heterocycles. The maximum Gasteiger partial charge on any atom is 0.262 e. The summed E-state index contributed by atoms with van der Waals surface area (Å²) in [4.78, 5) is 17.5. The fourth-order valence-electron chi connectivity index (χ4n) is 3.82. The van der Waals surface area contributed by atoms with Gasteiger partial charge in [-0.1, -0.05) is 43.3 Å². The molecule has 0 saturated heterocycles. The van der Waals surface area contributed by atoms with E-state index in [4.69, 9.17) is 0 Å². The van der Waals surface area contributed by atoms with Gasteiger partial charge in [0.1, 0.15) is 5.82 Å². The Morgan fingerprint density at radius 2 is 1.97 bits per heavy atom. The van der Waals surface area contributed by atoms with Gasteiger partial charge in [0.25, 0.3) is 5.56 Å². The average molecular weight is 434 g/mol. The molecule has 0 amide bonds. The third kappa shape index (κ3) is 3.46. The molecule has 0 spiro atoms. The number of rotatable bonds is 6. The highest BCUT2D eigenvalue weighted by Gasteiger charge is 2.17. The average Bonchev–Trinajstić information content (AvgIpc) is 3.21. The highest BCUT2D eigenvalue weighted by molar-refractivity contribution is 7.98. The molecule has 5 aromatic rings. The van der Waals surface area contributed by atoms with Gasteiger partial charge in [0, 0.05) is 23.9 Å². The lowest BCUT2D eigenvalue weighted by Gasteiger charge is -2.11. The molecule has 0 N–H and O–H groups in total. The highest BCUT2D eigenvalue weighted by Crippen LogP contribution is 2.28. The predicted octanol–water partition coefficient (Wildman–Crippen LogP) is 4.82. The van der Waals surface area contributed by atoms with Gasteiger partial charge in [0.05, 0.1) is 16.4 Å². The van der Waals surface area contributed by atoms with Gasteiger partial charge in [0.2, 0.25) is 5.78 Å². The molecule has 0 radical (unpaired) electrons. The molecule has 31 heavy (non-hydrogen) atoms. The fraction of sp³-hybridized carbons (Fsp3) is 0.217. The molecule has 3 heterocycles. The van der Waals surface area contributed by atoms with Gasteiger partial charge in [-0.2, -0.15) is 0 Å². The minimum absolute atomic E-state index is 0.0548. The van der Waals surface area contributed by atoms with Crippen molar-refractivity contribution in [3.05, 3.63) is 76.5 Å². The van der Waals surface area contributed by atoms with E-state index in [2.05, 4.69) is 22.1 Å². The summed E-state index contributed by atoms with van der Waals surface area (Å²) in [6.45, 7) is 2.68. The number of thioether (sulfide) groups is 1. The van der Waals surface area contributed by atoms with Crippen molar-refractivity contribution < 1.29 is 4.39 Å². The summed E-state index contributed by atoms with van der Waals surface area (Å²) in [5.74, 6) is 0.719. The molecule has 0 saturated carbocycles. The Morgan fingerprint density at radius 1 is 1.10 bits per heavy atom. The van der Waals surface area contributed by atoms with Crippen LogP contribution in [0.25, 0.3) is 27.6 Å². The fourth-order valence-corrected chi connectivity index (χ4v) is 4.74. The second kappa shape index (κ2) is 8.11. The first kappa shape index (κ1) is 19.7. The SMILES string of the molecule is CCCCn1c(=O)c2ccccc2n2c(SCc3cc(F)cc4cccnc34)nnc12. The molecule has 0 aliphatic heterocycles. The molecule has 0 atom stereocenters. The van der Waals surface area contributed by atoms with E-state index in [9.17, 15) is 9.18 Å². The maximum absolute atomic E-state index is 14.1. The van der Waals surface area contributed by atoms with Gasteiger partial charge >= 0.3 is 0 Å². The topological polar surface area (TPSA) is 65.1 Å². The van der Waals surface area contributed by atoms with Crippen LogP contribution in [0, 0.1) is 5.82 Å². The van der Waals surface area contributed by atoms with Crippen molar-refractivity contribution >= 4 is 39.3 Å². The molecular formula is C23H20FN5OS. The lowest BCUT2D eigenvalue weighted by atomic mass is 10.1. The Kier molecular flexibility index (Phi) is 5.15. The van der Waals surface area contributed by atoms with Crippen LogP contribution in [-0.4, -0.2) is 24.1 Å². The van der Waals surface area contributed by atoms with E-state index in [-0.39, 0.29) is 11.4 Å². The van der Waals surface area contributed by atoms with Crippen LogP contribution >= 0.6 is 11.8 Å². The summed E-state index contributed by atoms with van der Waals surface area (Å²) >= 11 is 1.45. The van der Waals surface area contributed by atoms with Crippen LogP contribution in [-0.2, 0) is 12.3 Å². The largest absolute Gasteiger partial charge is 0.276 e. The van der Waals surface area contributed by atoms with E-state index in [1.54, 1.807) is 16.8 Å². The minimum atomic E-state index is -0.291. The molecule has 2 aromatic carbocycles. The van der Waals surface area contributed by atoms with Crippen LogP contribution in [0.5, 0.6) is 0 Å². The maximum atomic E-state index is 14.1. The number of pyridine rings is 1. The van der Waals surface area contributed by atoms with Crippen LogP contribution < -0.4 is 5.56 Å². The number of hydrogen-bond acceptors (Lipinski definition) is 5. The Bertz CT molecular complexity index is 1480. The number of unbranched alkanes of at least 4 members (excludes halogenated alkanes) is 1. The lowest BCUT2D eigenvalue weighted by molar-refractivity contribution is 0.620. The van der Waals surface area contributed by atoms with Crippen molar-refractivity contribution in [2.24, 2.45) is 0 Å². The standard InChI is InChI=1S/C23H20FN5OS/c1-2-3-11-28-21(30)18-8-4-5-9-19(18)29-22(28)26-27-23(29)31-14-16-13-17(24)12-15-7-6-10-25-20(15)16/h4-10,12-13H,2-3,11,14H2,1H3. The van der Waals surface area contributed by atoms with E-state index in [0.717, 1.165) is 34.8 Å². The van der Waals surface area contributed by atoms with Gasteiger partial charge in [-0.25, -0.2) is 4.39 Å². The van der Waals surface area contributed by atoms with Gasteiger partial charge in [-0.05, 0) is 42.3 Å². The normalized spacial score (nSPS) is 11.7. The van der Waals surface area contributed by atoms with E-state index < -0.39 is 0 Å². The quantitative estimate of drug-likeness (QED) is 0.359. The number of aryl methyl sites for hydroxylation is 1. The lowest BCUT2D eigenvalue weighted by Crippen LogP contribution is -2.23. The van der Waals surface area contributed by atoms with Crippen LogP contribution in [0.1, 0.15) is 25.3 Å². The van der Waals surface area contributed by atoms with Gasteiger partial charge in [-0.3, -0.25) is 18.7 Å². The first-order valence-corrected chi connectivity index (χ1v) is 11.2. The van der Waals surface area contributed by atoms with Crippen LogP contribution in [0.2, 0.25) is 0 Å². The van der Waals surface area contributed by atoms with Crippen LogP contribution in [0.3, 0.4) is 0 Å². The smallest absolute Gasteiger partial charge is 0.262 e. The number of halogens is 1. The molecule has 0 bridgehead atoms. The Balaban J connectivity index is 1.62. The number of benzene rings is 2. The van der Waals surface area contributed by atoms with Gasteiger partial charge < -0.3 is 0 Å². The first-order valence-electron chi connectivity index (χ1n) is 10.2. The van der Waals surface area contributed by atoms with E-state index >= 15 is 0 Å². The zero-order chi connectivity index (χ0) is 21.4. The second-order valence-electron chi connectivity index (χ2n) is 7.37. The summed E-state index contributed by atoms with van der Waals surface area (Å²) in [5.41, 5.74) is 2.28. The molecule has 0 aliphatic rings. The summed E-state index contributed by atoms with van der Waals surface area (Å²) in [6.07, 6.45) is 3.56. The van der Waals surface area contributed by atoms with Crippen molar-refractivity contribution in [1.82, 2.24) is 24.1 Å². The molecule has 156 valence electrons. The van der Waals surface area contributed by atoms with E-state index in [1.807, 2.05) is 34.7 Å². The van der Waals surface area contributed by atoms with E-state index in [1.165, 1.54) is 23.9 Å². The number of nitrogens with zero attached hydrogens (tertiary/aromatic N) is 5. The Hall–Kier alpha value is -3.26. The zero-order valence-corrected chi connectivity index (χ0v) is 17.8. The molecule has 6 nitrogen and oxygen atoms in total. The Morgan fingerprint density at radius 3 is 2.84 bits per heavy atom. The van der Waals surface area contributed by atoms with Crippen LogP contribution in [0.15, 0.2) is 64.7 Å². The van der Waals surface area contributed by atoms with Crippen molar-refractivity contribution in [2.75, 3.05) is 0 Å². The Labute approximate surface area is 181 Å². The molecule has 8 heteroatoms. The van der Waals surface area contributed by atoms with Crippen molar-refractivity contribution in [1.29, 1.82) is 0 Å². The van der Waals surface area contributed by atoms with Crippen LogP contribution in [0.4, 0.5) is 4.39 Å². The summed E-state index contributed by atoms with van der Waals surface area (Å²) in [5, 5.41) is 10.8. The first-order chi connectivity index (χ1) is 15.2. The third-order valence-corrected chi connectivity index (χ3v) is 6.30. The molecular weight excluding hydrogens is 413 g/mol. The molecule has 5 rings (SSSR count). The third-order valence-electron chi connectivity index (χ3n) is 5.32. The number of fused-ring (bicyclic) bond motifs is 4. The van der Waals surface area contributed by atoms with Gasteiger partial charge in [0.15, 0.2) is 5.16 Å². The van der Waals surface area contributed by atoms with Gasteiger partial charge in [-0.15, -0.1) is 10.2 Å². The number of hydrogen-bond donors (Lipinski definition) is 0. The summed E-state index contributed by atoms with van der Waals surface area (Å²) in [6, 6.07) is 14.2. The summed E-state index contributed by atoms with van der Waals surface area (Å²) < 4.78 is 17.8. The number of para-hydroxylation sites is 1. The zero-order valence-electron chi connectivity index (χ0n) is 17.0. The number of aromatic nitrogens is 5. The summed E-state index contributed by atoms with van der Waals surface area (Å²) in [7, 11) is 0. The predicted molar refractivity (Wildman–Crippen MR) is 121 cm³/mol. The van der Waals surface area contributed by atoms with Crippen molar-refractivity contribution in [2.45, 2.75) is 37.2 Å². The molecule has 0 unspecified atom stereocenters. The highest BCUT2D eigenvalue weighted by atomic mass is 32.2. The van der Waals surface area contributed by atoms with Crippen molar-refractivity contribution in [3.8, 4) is 0 Å².